The van der Waals surface area contributed by atoms with E-state index in [0.717, 1.165) is 25.1 Å². The van der Waals surface area contributed by atoms with Gasteiger partial charge in [-0.05, 0) is 12.5 Å². The number of halogens is 1. The van der Waals surface area contributed by atoms with Crippen molar-refractivity contribution in [3.05, 3.63) is 35.1 Å². The Balaban J connectivity index is 2.75. The van der Waals surface area contributed by atoms with E-state index in [2.05, 4.69) is 25.7 Å². The molecule has 0 aromatic heterocycles. The number of nitrogens with two attached hydrogens (primary N) is 1. The average Bonchev–Trinajstić information content (AvgIpc) is 2.39. The molecule has 1 atom stereocenters. The fraction of sp³-hybridized carbons (Fsp3) is 0.600. The largest absolute Gasteiger partial charge is 0.326 e. The Labute approximate surface area is 110 Å². The van der Waals surface area contributed by atoms with E-state index in [1.54, 1.807) is 6.07 Å². The van der Waals surface area contributed by atoms with E-state index in [-0.39, 0.29) is 12.4 Å². The molecule has 1 aromatic carbocycles. The van der Waals surface area contributed by atoms with E-state index in [4.69, 9.17) is 5.73 Å². The Kier molecular flexibility index (Phi) is 6.30. The Bertz CT molecular complexity index is 366. The molecule has 0 aliphatic rings. The molecule has 102 valence electrons. The van der Waals surface area contributed by atoms with Gasteiger partial charge >= 0.3 is 0 Å². The highest BCUT2D eigenvalue weighted by Gasteiger charge is 2.12. The van der Waals surface area contributed by atoms with Crippen molar-refractivity contribution in [2.75, 3.05) is 13.1 Å². The van der Waals surface area contributed by atoms with Gasteiger partial charge in [-0.25, -0.2) is 4.39 Å². The third kappa shape index (κ3) is 4.07. The topological polar surface area (TPSA) is 29.3 Å². The molecular weight excluding hydrogens is 227 g/mol. The van der Waals surface area contributed by atoms with Crippen LogP contribution in [0.25, 0.3) is 0 Å². The molecule has 0 radical (unpaired) electrons. The van der Waals surface area contributed by atoms with Crippen molar-refractivity contribution in [2.45, 2.75) is 40.3 Å². The number of hydrogen-bond donors (Lipinski definition) is 1. The van der Waals surface area contributed by atoms with Gasteiger partial charge in [-0.2, -0.15) is 0 Å². The van der Waals surface area contributed by atoms with Crippen molar-refractivity contribution in [2.24, 2.45) is 11.7 Å². The van der Waals surface area contributed by atoms with E-state index in [0.29, 0.717) is 18.0 Å². The zero-order valence-electron chi connectivity index (χ0n) is 11.7. The van der Waals surface area contributed by atoms with Crippen LogP contribution < -0.4 is 5.73 Å². The summed E-state index contributed by atoms with van der Waals surface area (Å²) in [6.45, 7) is 9.42. The zero-order chi connectivity index (χ0) is 13.5. The van der Waals surface area contributed by atoms with Gasteiger partial charge in [-0.15, -0.1) is 0 Å². The van der Waals surface area contributed by atoms with Crippen LogP contribution in [0.15, 0.2) is 18.2 Å². The highest BCUT2D eigenvalue weighted by atomic mass is 19.1. The number of nitrogens with zero attached hydrogens (tertiary/aromatic N) is 1. The Morgan fingerprint density at radius 1 is 1.28 bits per heavy atom. The van der Waals surface area contributed by atoms with Gasteiger partial charge in [0, 0.05) is 30.8 Å². The van der Waals surface area contributed by atoms with Gasteiger partial charge in [0.25, 0.3) is 0 Å². The van der Waals surface area contributed by atoms with Crippen LogP contribution in [0.2, 0.25) is 0 Å². The van der Waals surface area contributed by atoms with Gasteiger partial charge < -0.3 is 5.73 Å². The van der Waals surface area contributed by atoms with Crippen LogP contribution in [0.5, 0.6) is 0 Å². The molecule has 0 aliphatic carbocycles. The minimum atomic E-state index is -0.136. The van der Waals surface area contributed by atoms with Gasteiger partial charge in [-0.1, -0.05) is 45.4 Å². The first-order valence-corrected chi connectivity index (χ1v) is 6.81. The molecular formula is C15H25FN2. The van der Waals surface area contributed by atoms with Crippen molar-refractivity contribution < 1.29 is 4.39 Å². The molecule has 0 bridgehead atoms. The number of hydrogen-bond acceptors (Lipinski definition) is 2. The molecule has 0 saturated heterocycles. The maximum atomic E-state index is 14.1. The van der Waals surface area contributed by atoms with Crippen molar-refractivity contribution in [1.82, 2.24) is 4.90 Å². The summed E-state index contributed by atoms with van der Waals surface area (Å²) in [6, 6.07) is 5.50. The normalized spacial score (nSPS) is 13.0. The van der Waals surface area contributed by atoms with Crippen molar-refractivity contribution in [3.63, 3.8) is 0 Å². The monoisotopic (exact) mass is 252 g/mol. The second-order valence-corrected chi connectivity index (χ2v) is 4.94. The highest BCUT2D eigenvalue weighted by molar-refractivity contribution is 5.25. The summed E-state index contributed by atoms with van der Waals surface area (Å²) in [5, 5.41) is 0. The maximum absolute atomic E-state index is 14.1. The lowest BCUT2D eigenvalue weighted by Crippen LogP contribution is -2.28. The smallest absolute Gasteiger partial charge is 0.132 e. The molecule has 0 heterocycles. The molecule has 18 heavy (non-hydrogen) atoms. The van der Waals surface area contributed by atoms with Crippen LogP contribution in [0.1, 0.15) is 38.3 Å². The van der Waals surface area contributed by atoms with E-state index in [9.17, 15) is 4.39 Å². The summed E-state index contributed by atoms with van der Waals surface area (Å²) in [6.07, 6.45) is 1.15. The summed E-state index contributed by atoms with van der Waals surface area (Å²) in [5.74, 6) is 0.508. The highest BCUT2D eigenvalue weighted by Crippen LogP contribution is 2.16. The molecule has 2 N–H and O–H groups in total. The van der Waals surface area contributed by atoms with Crippen LogP contribution in [0, 0.1) is 11.7 Å². The average molecular weight is 252 g/mol. The van der Waals surface area contributed by atoms with Crippen molar-refractivity contribution >= 4 is 0 Å². The SMILES string of the molecule is CCC(C)CN(CC)Cc1cccc(CN)c1F. The van der Waals surface area contributed by atoms with Crippen LogP contribution in [0.3, 0.4) is 0 Å². The Morgan fingerprint density at radius 3 is 2.50 bits per heavy atom. The van der Waals surface area contributed by atoms with Crippen LogP contribution in [0.4, 0.5) is 4.39 Å². The second kappa shape index (κ2) is 7.49. The molecule has 0 amide bonds. The standard InChI is InChI=1S/C15H25FN2/c1-4-12(3)10-18(5-2)11-14-8-6-7-13(9-17)15(14)16/h6-8,12H,4-5,9-11,17H2,1-3H3. The quantitative estimate of drug-likeness (QED) is 0.807. The Hall–Kier alpha value is -0.930. The van der Waals surface area contributed by atoms with Gasteiger partial charge in [-0.3, -0.25) is 4.90 Å². The van der Waals surface area contributed by atoms with Gasteiger partial charge in [0.15, 0.2) is 0 Å². The van der Waals surface area contributed by atoms with Crippen LogP contribution in [-0.2, 0) is 13.1 Å². The van der Waals surface area contributed by atoms with Gasteiger partial charge in [0.2, 0.25) is 0 Å². The lowest BCUT2D eigenvalue weighted by Gasteiger charge is -2.24. The fourth-order valence-corrected chi connectivity index (χ4v) is 2.03. The minimum absolute atomic E-state index is 0.136. The summed E-state index contributed by atoms with van der Waals surface area (Å²) in [4.78, 5) is 2.28. The summed E-state index contributed by atoms with van der Waals surface area (Å²) >= 11 is 0. The first kappa shape index (κ1) is 15.1. The third-order valence-electron chi connectivity index (χ3n) is 3.49. The molecule has 0 aliphatic heterocycles. The first-order chi connectivity index (χ1) is 8.62. The number of benzene rings is 1. The molecule has 1 rings (SSSR count). The molecule has 0 saturated carbocycles. The fourth-order valence-electron chi connectivity index (χ4n) is 2.03. The van der Waals surface area contributed by atoms with Crippen molar-refractivity contribution in [3.8, 4) is 0 Å². The molecule has 2 nitrogen and oxygen atoms in total. The maximum Gasteiger partial charge on any atom is 0.132 e. The molecule has 0 fully saturated rings. The molecule has 0 spiro atoms. The van der Waals surface area contributed by atoms with Gasteiger partial charge in [0.05, 0.1) is 0 Å². The molecule has 1 aromatic rings. The lowest BCUT2D eigenvalue weighted by atomic mass is 10.1. The van der Waals surface area contributed by atoms with E-state index in [1.165, 1.54) is 0 Å². The predicted molar refractivity (Wildman–Crippen MR) is 74.7 cm³/mol. The summed E-state index contributed by atoms with van der Waals surface area (Å²) in [5.41, 5.74) is 6.89. The van der Waals surface area contributed by atoms with E-state index >= 15 is 0 Å². The number of rotatable bonds is 7. The molecule has 3 heteroatoms. The third-order valence-corrected chi connectivity index (χ3v) is 3.49. The minimum Gasteiger partial charge on any atom is -0.326 e. The van der Waals surface area contributed by atoms with E-state index < -0.39 is 0 Å². The van der Waals surface area contributed by atoms with Crippen LogP contribution in [-0.4, -0.2) is 18.0 Å². The van der Waals surface area contributed by atoms with Crippen molar-refractivity contribution in [1.29, 1.82) is 0 Å². The second-order valence-electron chi connectivity index (χ2n) is 4.94. The first-order valence-electron chi connectivity index (χ1n) is 6.81. The zero-order valence-corrected chi connectivity index (χ0v) is 11.7. The summed E-state index contributed by atoms with van der Waals surface area (Å²) < 4.78 is 14.1. The molecule has 1 unspecified atom stereocenters. The van der Waals surface area contributed by atoms with Gasteiger partial charge in [0.1, 0.15) is 5.82 Å². The lowest BCUT2D eigenvalue weighted by molar-refractivity contribution is 0.235. The summed E-state index contributed by atoms with van der Waals surface area (Å²) in [7, 11) is 0. The predicted octanol–water partition coefficient (Wildman–Crippen LogP) is 3.15. The van der Waals surface area contributed by atoms with E-state index in [1.807, 2.05) is 12.1 Å². The Morgan fingerprint density at radius 2 is 1.94 bits per heavy atom. The van der Waals surface area contributed by atoms with Crippen LogP contribution >= 0.6 is 0 Å².